The number of esters is 1. The van der Waals surface area contributed by atoms with Gasteiger partial charge in [-0.05, 0) is 42.5 Å². The second-order valence-electron chi connectivity index (χ2n) is 5.36. The number of nitrogens with one attached hydrogen (secondary N) is 1. The van der Waals surface area contributed by atoms with E-state index in [-0.39, 0.29) is 11.3 Å². The predicted octanol–water partition coefficient (Wildman–Crippen LogP) is 5.57. The Morgan fingerprint density at radius 3 is 2.42 bits per heavy atom. The first kappa shape index (κ1) is 18.2. The Balaban J connectivity index is 1.85. The first-order chi connectivity index (χ1) is 12.5. The first-order valence-electron chi connectivity index (χ1n) is 7.66. The Morgan fingerprint density at radius 1 is 0.923 bits per heavy atom. The Kier molecular flexibility index (Phi) is 5.71. The molecule has 6 heteroatoms. The predicted molar refractivity (Wildman–Crippen MR) is 105 cm³/mol. The maximum atomic E-state index is 12.6. The number of hydrogen-bond donors (Lipinski definition) is 1. The van der Waals surface area contributed by atoms with Gasteiger partial charge in [-0.2, -0.15) is 0 Å². The van der Waals surface area contributed by atoms with Gasteiger partial charge in [-0.1, -0.05) is 51.8 Å². The van der Waals surface area contributed by atoms with Crippen LogP contribution in [0.5, 0.6) is 5.75 Å². The Labute approximate surface area is 163 Å². The van der Waals surface area contributed by atoms with E-state index in [0.717, 1.165) is 4.47 Å². The quantitative estimate of drug-likeness (QED) is 0.434. The molecule has 0 aliphatic carbocycles. The molecule has 0 heterocycles. The van der Waals surface area contributed by atoms with Gasteiger partial charge in [0, 0.05) is 21.2 Å². The molecule has 0 spiro atoms. The van der Waals surface area contributed by atoms with Crippen LogP contribution in [0.25, 0.3) is 0 Å². The molecule has 1 amide bonds. The smallest absolute Gasteiger partial charge is 0.343 e. The van der Waals surface area contributed by atoms with Crippen LogP contribution in [-0.2, 0) is 0 Å². The monoisotopic (exact) mass is 429 g/mol. The van der Waals surface area contributed by atoms with Gasteiger partial charge >= 0.3 is 5.97 Å². The molecule has 0 radical (unpaired) electrons. The molecule has 0 saturated heterocycles. The van der Waals surface area contributed by atoms with Crippen molar-refractivity contribution in [3.05, 3.63) is 93.4 Å². The fourth-order valence-corrected chi connectivity index (χ4v) is 2.83. The Morgan fingerprint density at radius 2 is 1.69 bits per heavy atom. The largest absolute Gasteiger partial charge is 0.422 e. The number of anilines is 1. The van der Waals surface area contributed by atoms with Crippen LogP contribution in [0.3, 0.4) is 0 Å². The summed E-state index contributed by atoms with van der Waals surface area (Å²) in [5.74, 6) is -0.876. The van der Waals surface area contributed by atoms with Crippen molar-refractivity contribution in [1.29, 1.82) is 0 Å². The van der Waals surface area contributed by atoms with E-state index >= 15 is 0 Å². The average molecular weight is 431 g/mol. The first-order valence-corrected chi connectivity index (χ1v) is 8.84. The van der Waals surface area contributed by atoms with Gasteiger partial charge in [0.05, 0.1) is 11.1 Å². The molecule has 0 aromatic heterocycles. The lowest BCUT2D eigenvalue weighted by atomic mass is 10.1. The normalized spacial score (nSPS) is 10.2. The van der Waals surface area contributed by atoms with Crippen molar-refractivity contribution in [2.24, 2.45) is 0 Å². The van der Waals surface area contributed by atoms with Crippen molar-refractivity contribution in [3.8, 4) is 5.75 Å². The number of ether oxygens (including phenoxy) is 1. The SMILES string of the molecule is O=C(Oc1cc(Cl)ccc1C(=O)Nc1cccc(Br)c1)c1ccccc1. The van der Waals surface area contributed by atoms with Gasteiger partial charge in [0.1, 0.15) is 5.75 Å². The van der Waals surface area contributed by atoms with Crippen LogP contribution in [0.15, 0.2) is 77.3 Å². The zero-order valence-electron chi connectivity index (χ0n) is 13.4. The molecule has 0 saturated carbocycles. The lowest BCUT2D eigenvalue weighted by Gasteiger charge is -2.11. The third-order valence-corrected chi connectivity index (χ3v) is 4.21. The van der Waals surface area contributed by atoms with E-state index < -0.39 is 11.9 Å². The Bertz CT molecular complexity index is 960. The number of benzene rings is 3. The molecule has 4 nitrogen and oxygen atoms in total. The topological polar surface area (TPSA) is 55.4 Å². The maximum Gasteiger partial charge on any atom is 0.343 e. The molecule has 3 aromatic rings. The standard InChI is InChI=1S/C20H13BrClNO3/c21-14-7-4-8-16(11-14)23-19(24)17-10-9-15(22)12-18(17)26-20(25)13-5-2-1-3-6-13/h1-12H,(H,23,24). The third kappa shape index (κ3) is 4.50. The van der Waals surface area contributed by atoms with Crippen LogP contribution in [0.2, 0.25) is 5.02 Å². The van der Waals surface area contributed by atoms with E-state index in [1.165, 1.54) is 12.1 Å². The molecule has 0 aliphatic heterocycles. The summed E-state index contributed by atoms with van der Waals surface area (Å²) in [5.41, 5.74) is 1.20. The summed E-state index contributed by atoms with van der Waals surface area (Å²) in [4.78, 5) is 24.9. The van der Waals surface area contributed by atoms with E-state index in [0.29, 0.717) is 16.3 Å². The van der Waals surface area contributed by atoms with E-state index in [9.17, 15) is 9.59 Å². The number of rotatable bonds is 4. The molecule has 1 N–H and O–H groups in total. The molecule has 0 atom stereocenters. The number of carbonyl (C=O) groups excluding carboxylic acids is 2. The van der Waals surface area contributed by atoms with Crippen LogP contribution in [0.1, 0.15) is 20.7 Å². The highest BCUT2D eigenvalue weighted by atomic mass is 79.9. The van der Waals surface area contributed by atoms with Gasteiger partial charge in [-0.15, -0.1) is 0 Å². The number of carbonyl (C=O) groups is 2. The van der Waals surface area contributed by atoms with Gasteiger partial charge in [0.15, 0.2) is 0 Å². The lowest BCUT2D eigenvalue weighted by molar-refractivity contribution is 0.0733. The third-order valence-electron chi connectivity index (χ3n) is 3.48. The summed E-state index contributed by atoms with van der Waals surface area (Å²) >= 11 is 9.36. The minimum absolute atomic E-state index is 0.0962. The van der Waals surface area contributed by atoms with Gasteiger partial charge < -0.3 is 10.1 Å². The molecule has 3 aromatic carbocycles. The van der Waals surface area contributed by atoms with Crippen molar-refractivity contribution >= 4 is 45.1 Å². The molecular weight excluding hydrogens is 418 g/mol. The number of amides is 1. The highest BCUT2D eigenvalue weighted by Gasteiger charge is 2.17. The van der Waals surface area contributed by atoms with E-state index in [2.05, 4.69) is 21.2 Å². The van der Waals surface area contributed by atoms with Crippen molar-refractivity contribution in [2.45, 2.75) is 0 Å². The van der Waals surface area contributed by atoms with Crippen LogP contribution >= 0.6 is 27.5 Å². The van der Waals surface area contributed by atoms with Crippen LogP contribution in [0.4, 0.5) is 5.69 Å². The summed E-state index contributed by atoms with van der Waals surface area (Å²) in [5, 5.41) is 3.13. The van der Waals surface area contributed by atoms with Crippen LogP contribution in [0, 0.1) is 0 Å². The molecule has 0 fully saturated rings. The highest BCUT2D eigenvalue weighted by Crippen LogP contribution is 2.26. The van der Waals surface area contributed by atoms with Crippen molar-refractivity contribution < 1.29 is 14.3 Å². The average Bonchev–Trinajstić information content (AvgIpc) is 2.62. The number of hydrogen-bond acceptors (Lipinski definition) is 3. The van der Waals surface area contributed by atoms with Gasteiger partial charge in [0.25, 0.3) is 5.91 Å². The van der Waals surface area contributed by atoms with Crippen LogP contribution < -0.4 is 10.1 Å². The summed E-state index contributed by atoms with van der Waals surface area (Å²) in [6.45, 7) is 0. The van der Waals surface area contributed by atoms with E-state index in [1.807, 2.05) is 6.07 Å². The fourth-order valence-electron chi connectivity index (χ4n) is 2.27. The van der Waals surface area contributed by atoms with Gasteiger partial charge in [0.2, 0.25) is 0 Å². The minimum atomic E-state index is -0.565. The summed E-state index contributed by atoms with van der Waals surface area (Å²) in [6, 6.07) is 20.2. The molecule has 0 aliphatic rings. The second-order valence-corrected chi connectivity index (χ2v) is 6.71. The van der Waals surface area contributed by atoms with Crippen molar-refractivity contribution in [3.63, 3.8) is 0 Å². The van der Waals surface area contributed by atoms with Gasteiger partial charge in [-0.3, -0.25) is 4.79 Å². The fraction of sp³-hybridized carbons (Fsp3) is 0. The van der Waals surface area contributed by atoms with E-state index in [4.69, 9.17) is 16.3 Å². The highest BCUT2D eigenvalue weighted by molar-refractivity contribution is 9.10. The minimum Gasteiger partial charge on any atom is -0.422 e. The molecular formula is C20H13BrClNO3. The summed E-state index contributed by atoms with van der Waals surface area (Å²) < 4.78 is 6.24. The molecule has 130 valence electrons. The summed E-state index contributed by atoms with van der Waals surface area (Å²) in [7, 11) is 0. The maximum absolute atomic E-state index is 12.6. The second kappa shape index (κ2) is 8.17. The van der Waals surface area contributed by atoms with Crippen molar-refractivity contribution in [1.82, 2.24) is 0 Å². The van der Waals surface area contributed by atoms with Crippen LogP contribution in [-0.4, -0.2) is 11.9 Å². The molecule has 0 bridgehead atoms. The summed E-state index contributed by atoms with van der Waals surface area (Å²) in [6.07, 6.45) is 0. The molecule has 3 rings (SSSR count). The van der Waals surface area contributed by atoms with Crippen molar-refractivity contribution in [2.75, 3.05) is 5.32 Å². The zero-order chi connectivity index (χ0) is 18.5. The number of halogens is 2. The molecule has 26 heavy (non-hydrogen) atoms. The van der Waals surface area contributed by atoms with E-state index in [1.54, 1.807) is 54.6 Å². The zero-order valence-corrected chi connectivity index (χ0v) is 15.8. The van der Waals surface area contributed by atoms with Gasteiger partial charge in [-0.25, -0.2) is 4.79 Å². The Hall–Kier alpha value is -2.63. The molecule has 0 unspecified atom stereocenters. The lowest BCUT2D eigenvalue weighted by Crippen LogP contribution is -2.16.